The van der Waals surface area contributed by atoms with Crippen LogP contribution in [0.2, 0.25) is 0 Å². The number of nitrogens with zero attached hydrogens (tertiary/aromatic N) is 3. The summed E-state index contributed by atoms with van der Waals surface area (Å²) in [6, 6.07) is 3.99. The number of thiazole rings is 1. The van der Waals surface area contributed by atoms with Crippen molar-refractivity contribution >= 4 is 17.2 Å². The third-order valence-corrected chi connectivity index (χ3v) is 4.94. The van der Waals surface area contributed by atoms with E-state index in [1.165, 1.54) is 0 Å². The maximum atomic E-state index is 12.9. The van der Waals surface area contributed by atoms with E-state index in [1.807, 2.05) is 40.2 Å². The average molecular weight is 333 g/mol. The molecule has 6 heteroatoms. The third kappa shape index (κ3) is 3.48. The molecule has 2 aromatic rings. The van der Waals surface area contributed by atoms with Gasteiger partial charge in [-0.25, -0.2) is 4.98 Å². The van der Waals surface area contributed by atoms with Gasteiger partial charge in [-0.1, -0.05) is 13.8 Å². The molecule has 1 atom stereocenters. The molecule has 1 saturated heterocycles. The van der Waals surface area contributed by atoms with Crippen molar-refractivity contribution in [2.75, 3.05) is 19.8 Å². The van der Waals surface area contributed by atoms with Crippen LogP contribution >= 0.6 is 11.3 Å². The van der Waals surface area contributed by atoms with Crippen LogP contribution in [-0.4, -0.2) is 40.1 Å². The molecule has 0 saturated carbocycles. The summed E-state index contributed by atoms with van der Waals surface area (Å²) in [7, 11) is 2.00. The highest BCUT2D eigenvalue weighted by Gasteiger charge is 2.31. The Balaban J connectivity index is 1.81. The van der Waals surface area contributed by atoms with Gasteiger partial charge in [-0.05, 0) is 18.1 Å². The van der Waals surface area contributed by atoms with E-state index in [1.54, 1.807) is 11.3 Å². The van der Waals surface area contributed by atoms with Crippen molar-refractivity contribution in [2.45, 2.75) is 26.3 Å². The number of hydrogen-bond acceptors (Lipinski definition) is 4. The van der Waals surface area contributed by atoms with Gasteiger partial charge in [-0.15, -0.1) is 11.3 Å². The van der Waals surface area contributed by atoms with Crippen LogP contribution in [0.15, 0.2) is 23.7 Å². The Bertz CT molecular complexity index is 677. The number of aryl methyl sites for hydroxylation is 1. The number of ether oxygens (including phenoxy) is 1. The summed E-state index contributed by atoms with van der Waals surface area (Å²) in [5.41, 5.74) is 1.66. The maximum absolute atomic E-state index is 12.9. The van der Waals surface area contributed by atoms with E-state index in [0.29, 0.717) is 31.4 Å². The fourth-order valence-corrected chi connectivity index (χ4v) is 3.89. The van der Waals surface area contributed by atoms with E-state index in [4.69, 9.17) is 4.74 Å². The highest BCUT2D eigenvalue weighted by atomic mass is 32.1. The lowest BCUT2D eigenvalue weighted by atomic mass is 10.1. The summed E-state index contributed by atoms with van der Waals surface area (Å²) in [4.78, 5) is 19.4. The molecular weight excluding hydrogens is 310 g/mol. The highest BCUT2D eigenvalue weighted by molar-refractivity contribution is 7.09. The number of carbonyl (C=O) groups excluding carboxylic acids is 1. The summed E-state index contributed by atoms with van der Waals surface area (Å²) >= 11 is 1.58. The number of morpholine rings is 1. The molecule has 5 nitrogen and oxygen atoms in total. The minimum Gasteiger partial charge on any atom is -0.377 e. The molecule has 124 valence electrons. The molecule has 3 heterocycles. The Morgan fingerprint density at radius 1 is 1.52 bits per heavy atom. The van der Waals surface area contributed by atoms with Crippen molar-refractivity contribution in [3.63, 3.8) is 0 Å². The zero-order valence-corrected chi connectivity index (χ0v) is 14.7. The van der Waals surface area contributed by atoms with Crippen molar-refractivity contribution in [3.8, 4) is 0 Å². The fraction of sp³-hybridized carbons (Fsp3) is 0.529. The Kier molecular flexibility index (Phi) is 4.82. The van der Waals surface area contributed by atoms with Crippen molar-refractivity contribution in [2.24, 2.45) is 13.0 Å². The molecule has 1 aliphatic heterocycles. The number of carbonyl (C=O) groups is 1. The molecule has 0 aromatic carbocycles. The summed E-state index contributed by atoms with van der Waals surface area (Å²) in [6.07, 6.45) is 2.92. The molecule has 1 amide bonds. The van der Waals surface area contributed by atoms with Gasteiger partial charge in [0.1, 0.15) is 5.69 Å². The topological polar surface area (TPSA) is 47.4 Å². The van der Waals surface area contributed by atoms with Crippen LogP contribution in [0.25, 0.3) is 0 Å². The predicted molar refractivity (Wildman–Crippen MR) is 90.7 cm³/mol. The van der Waals surface area contributed by atoms with Gasteiger partial charge >= 0.3 is 0 Å². The summed E-state index contributed by atoms with van der Waals surface area (Å²) in [5.74, 6) is 0.550. The van der Waals surface area contributed by atoms with E-state index >= 15 is 0 Å². The van der Waals surface area contributed by atoms with E-state index < -0.39 is 0 Å². The standard InChI is InChI=1S/C17H23N3O2S/c1-12(2)9-16-18-13(11-23-16)17(21)20-7-8-22-10-15(20)14-5-4-6-19(14)3/h4-6,11-12,15H,7-10H2,1-3H3/t15-/m1/s1. The van der Waals surface area contributed by atoms with Crippen LogP contribution in [0, 0.1) is 5.92 Å². The third-order valence-electron chi connectivity index (χ3n) is 4.07. The second-order valence-electron chi connectivity index (χ2n) is 6.36. The number of rotatable bonds is 4. The lowest BCUT2D eigenvalue weighted by Gasteiger charge is -2.35. The molecule has 0 bridgehead atoms. The van der Waals surface area contributed by atoms with Gasteiger partial charge in [0.25, 0.3) is 5.91 Å². The molecule has 2 aromatic heterocycles. The van der Waals surface area contributed by atoms with Crippen molar-refractivity contribution in [1.82, 2.24) is 14.5 Å². The molecule has 1 fully saturated rings. The quantitative estimate of drug-likeness (QED) is 0.864. The Labute approximate surface area is 140 Å². The van der Waals surface area contributed by atoms with Crippen LogP contribution in [0.5, 0.6) is 0 Å². The Hall–Kier alpha value is -1.66. The summed E-state index contributed by atoms with van der Waals surface area (Å²) < 4.78 is 7.66. The molecule has 1 aliphatic rings. The lowest BCUT2D eigenvalue weighted by Crippen LogP contribution is -2.44. The van der Waals surface area contributed by atoms with Gasteiger partial charge in [0.05, 0.1) is 24.3 Å². The smallest absolute Gasteiger partial charge is 0.274 e. The van der Waals surface area contributed by atoms with Crippen LogP contribution < -0.4 is 0 Å². The van der Waals surface area contributed by atoms with Crippen LogP contribution in [0.3, 0.4) is 0 Å². The largest absolute Gasteiger partial charge is 0.377 e. The van der Waals surface area contributed by atoms with Gasteiger partial charge in [0.2, 0.25) is 0 Å². The first kappa shape index (κ1) is 16.2. The van der Waals surface area contributed by atoms with E-state index in [9.17, 15) is 4.79 Å². The van der Waals surface area contributed by atoms with Crippen LogP contribution in [-0.2, 0) is 18.2 Å². The van der Waals surface area contributed by atoms with Crippen LogP contribution in [0.1, 0.15) is 41.1 Å². The second-order valence-corrected chi connectivity index (χ2v) is 7.30. The zero-order valence-electron chi connectivity index (χ0n) is 13.9. The Morgan fingerprint density at radius 2 is 2.35 bits per heavy atom. The minimum absolute atomic E-state index is 0.00533. The summed E-state index contributed by atoms with van der Waals surface area (Å²) in [5, 5.41) is 2.92. The molecule has 0 spiro atoms. The van der Waals surface area contributed by atoms with Gasteiger partial charge in [0, 0.05) is 37.3 Å². The first-order valence-corrected chi connectivity index (χ1v) is 8.88. The zero-order chi connectivity index (χ0) is 16.4. The van der Waals surface area contributed by atoms with Crippen molar-refractivity contribution in [3.05, 3.63) is 40.1 Å². The predicted octanol–water partition coefficient (Wildman–Crippen LogP) is 2.89. The number of amides is 1. The van der Waals surface area contributed by atoms with Crippen molar-refractivity contribution < 1.29 is 9.53 Å². The van der Waals surface area contributed by atoms with E-state index in [-0.39, 0.29) is 11.9 Å². The summed E-state index contributed by atoms with van der Waals surface area (Å²) in [6.45, 7) is 6.04. The maximum Gasteiger partial charge on any atom is 0.274 e. The first-order valence-electron chi connectivity index (χ1n) is 8.00. The van der Waals surface area contributed by atoms with Gasteiger partial charge < -0.3 is 14.2 Å². The normalized spacial score (nSPS) is 18.6. The number of hydrogen-bond donors (Lipinski definition) is 0. The van der Waals surface area contributed by atoms with Crippen molar-refractivity contribution in [1.29, 1.82) is 0 Å². The molecule has 3 rings (SSSR count). The first-order chi connectivity index (χ1) is 11.1. The fourth-order valence-electron chi connectivity index (χ4n) is 2.91. The Morgan fingerprint density at radius 3 is 3.04 bits per heavy atom. The van der Waals surface area contributed by atoms with Crippen LogP contribution in [0.4, 0.5) is 0 Å². The molecule has 23 heavy (non-hydrogen) atoms. The van der Waals surface area contributed by atoms with Gasteiger partial charge in [0.15, 0.2) is 0 Å². The highest BCUT2D eigenvalue weighted by Crippen LogP contribution is 2.26. The average Bonchev–Trinajstić information content (AvgIpc) is 3.15. The molecule has 0 unspecified atom stereocenters. The second kappa shape index (κ2) is 6.84. The lowest BCUT2D eigenvalue weighted by molar-refractivity contribution is -0.00490. The molecule has 0 N–H and O–H groups in total. The number of aromatic nitrogens is 2. The van der Waals surface area contributed by atoms with Gasteiger partial charge in [-0.3, -0.25) is 4.79 Å². The van der Waals surface area contributed by atoms with E-state index in [2.05, 4.69) is 18.8 Å². The molecule has 0 aliphatic carbocycles. The van der Waals surface area contributed by atoms with E-state index in [0.717, 1.165) is 17.1 Å². The molecular formula is C17H23N3O2S. The minimum atomic E-state index is -0.0495. The SMILES string of the molecule is CC(C)Cc1nc(C(=O)N2CCOC[C@@H]2c2cccn2C)cs1. The van der Waals surface area contributed by atoms with Gasteiger partial charge in [-0.2, -0.15) is 0 Å². The monoisotopic (exact) mass is 333 g/mol. The molecule has 0 radical (unpaired) electrons.